The molecule has 0 spiro atoms. The highest BCUT2D eigenvalue weighted by atomic mass is 19.1. The molecule has 0 saturated carbocycles. The lowest BCUT2D eigenvalue weighted by atomic mass is 10.1. The molecule has 0 unspecified atom stereocenters. The normalized spacial score (nSPS) is 10.8. The minimum absolute atomic E-state index is 0.273. The lowest BCUT2D eigenvalue weighted by molar-refractivity contribution is 0.628. The largest absolute Gasteiger partial charge is 0.245 e. The molecule has 5 heteroatoms. The topological polar surface area (TPSA) is 50.2 Å². The van der Waals surface area contributed by atoms with Gasteiger partial charge in [0.1, 0.15) is 5.82 Å². The van der Waals surface area contributed by atoms with Gasteiger partial charge in [-0.25, -0.2) is 19.8 Å². The summed E-state index contributed by atoms with van der Waals surface area (Å²) < 4.78 is 12.8. The zero-order valence-electron chi connectivity index (χ0n) is 11.6. The van der Waals surface area contributed by atoms with Gasteiger partial charge in [0.25, 0.3) is 0 Å². The van der Waals surface area contributed by atoms with Crippen molar-refractivity contribution >= 4 is 12.2 Å². The van der Waals surface area contributed by atoms with E-state index in [0.29, 0.717) is 5.95 Å². The van der Waals surface area contributed by atoms with Gasteiger partial charge < -0.3 is 0 Å². The van der Waals surface area contributed by atoms with Crippen LogP contribution in [0.25, 0.3) is 11.1 Å². The zero-order valence-corrected chi connectivity index (χ0v) is 11.6. The molecular weight excluding hydrogens is 279 g/mol. The van der Waals surface area contributed by atoms with Crippen molar-refractivity contribution in [2.75, 3.05) is 5.43 Å². The second-order valence-electron chi connectivity index (χ2n) is 4.58. The first-order valence-electron chi connectivity index (χ1n) is 6.73. The molecule has 0 radical (unpaired) electrons. The van der Waals surface area contributed by atoms with Gasteiger partial charge in [-0.15, -0.1) is 0 Å². The van der Waals surface area contributed by atoms with Gasteiger partial charge in [0.2, 0.25) is 5.95 Å². The van der Waals surface area contributed by atoms with Gasteiger partial charge in [-0.05, 0) is 23.3 Å². The van der Waals surface area contributed by atoms with Crippen LogP contribution < -0.4 is 5.43 Å². The highest BCUT2D eigenvalue weighted by molar-refractivity contribution is 5.79. The van der Waals surface area contributed by atoms with E-state index >= 15 is 0 Å². The predicted octanol–water partition coefficient (Wildman–Crippen LogP) is 3.73. The van der Waals surface area contributed by atoms with Crippen LogP contribution in [0, 0.1) is 5.82 Å². The highest BCUT2D eigenvalue weighted by Crippen LogP contribution is 2.17. The molecule has 0 fully saturated rings. The molecule has 1 aromatic heterocycles. The van der Waals surface area contributed by atoms with Crippen molar-refractivity contribution in [2.24, 2.45) is 5.10 Å². The molecule has 0 atom stereocenters. The molecule has 0 aliphatic heterocycles. The molecular formula is C17H13FN4. The summed E-state index contributed by atoms with van der Waals surface area (Å²) in [5.41, 5.74) is 5.52. The maximum Gasteiger partial charge on any atom is 0.243 e. The minimum atomic E-state index is -0.273. The number of nitrogens with one attached hydrogen (secondary N) is 1. The lowest BCUT2D eigenvalue weighted by Crippen LogP contribution is -1.96. The van der Waals surface area contributed by atoms with Crippen LogP contribution in [0.15, 0.2) is 72.1 Å². The number of aromatic nitrogens is 2. The van der Waals surface area contributed by atoms with Crippen LogP contribution in [0.4, 0.5) is 10.3 Å². The van der Waals surface area contributed by atoms with Gasteiger partial charge in [-0.2, -0.15) is 5.10 Å². The zero-order chi connectivity index (χ0) is 15.2. The summed E-state index contributed by atoms with van der Waals surface area (Å²) >= 11 is 0. The standard InChI is InChI=1S/C17H13FN4/c18-16-8-6-13(7-9-16)10-21-22-17-19-11-15(12-20-17)14-4-2-1-3-5-14/h1-12H,(H,19,20,22). The predicted molar refractivity (Wildman–Crippen MR) is 85.1 cm³/mol. The molecule has 4 nitrogen and oxygen atoms in total. The molecule has 2 aromatic carbocycles. The minimum Gasteiger partial charge on any atom is -0.245 e. The Labute approximate surface area is 127 Å². The van der Waals surface area contributed by atoms with Crippen molar-refractivity contribution in [2.45, 2.75) is 0 Å². The quantitative estimate of drug-likeness (QED) is 0.589. The van der Waals surface area contributed by atoms with Crippen LogP contribution in [-0.2, 0) is 0 Å². The van der Waals surface area contributed by atoms with Crippen LogP contribution in [0.2, 0.25) is 0 Å². The molecule has 0 aliphatic rings. The summed E-state index contributed by atoms with van der Waals surface area (Å²) in [7, 11) is 0. The maximum atomic E-state index is 12.8. The second kappa shape index (κ2) is 6.58. The molecule has 0 bridgehead atoms. The third kappa shape index (κ3) is 3.52. The van der Waals surface area contributed by atoms with E-state index < -0.39 is 0 Å². The summed E-state index contributed by atoms with van der Waals surface area (Å²) in [6.45, 7) is 0. The Kier molecular flexibility index (Phi) is 4.15. The van der Waals surface area contributed by atoms with Crippen LogP contribution in [0.5, 0.6) is 0 Å². The fourth-order valence-corrected chi connectivity index (χ4v) is 1.88. The Morgan fingerprint density at radius 1 is 0.864 bits per heavy atom. The summed E-state index contributed by atoms with van der Waals surface area (Å²) in [5.74, 6) is 0.128. The van der Waals surface area contributed by atoms with Crippen LogP contribution >= 0.6 is 0 Å². The Morgan fingerprint density at radius 2 is 1.55 bits per heavy atom. The number of rotatable bonds is 4. The van der Waals surface area contributed by atoms with Crippen molar-refractivity contribution in [3.05, 3.63) is 78.4 Å². The van der Waals surface area contributed by atoms with E-state index in [-0.39, 0.29) is 5.82 Å². The Bertz CT molecular complexity index is 753. The summed E-state index contributed by atoms with van der Waals surface area (Å²) in [4.78, 5) is 8.41. The van der Waals surface area contributed by atoms with Crippen LogP contribution in [0.3, 0.4) is 0 Å². The molecule has 3 aromatic rings. The molecule has 1 N–H and O–H groups in total. The molecule has 0 amide bonds. The van der Waals surface area contributed by atoms with E-state index in [1.807, 2.05) is 30.3 Å². The number of nitrogens with zero attached hydrogens (tertiary/aromatic N) is 3. The molecule has 108 valence electrons. The first-order chi connectivity index (χ1) is 10.8. The molecule has 1 heterocycles. The lowest BCUT2D eigenvalue weighted by Gasteiger charge is -2.02. The van der Waals surface area contributed by atoms with E-state index in [1.54, 1.807) is 30.7 Å². The van der Waals surface area contributed by atoms with Crippen molar-refractivity contribution < 1.29 is 4.39 Å². The fourth-order valence-electron chi connectivity index (χ4n) is 1.88. The average Bonchev–Trinajstić information content (AvgIpc) is 2.58. The third-order valence-electron chi connectivity index (χ3n) is 3.01. The van der Waals surface area contributed by atoms with Gasteiger partial charge in [0.15, 0.2) is 0 Å². The number of hydrogen-bond donors (Lipinski definition) is 1. The highest BCUT2D eigenvalue weighted by Gasteiger charge is 1.98. The number of halogens is 1. The van der Waals surface area contributed by atoms with Crippen molar-refractivity contribution in [3.63, 3.8) is 0 Å². The Balaban J connectivity index is 1.65. The fraction of sp³-hybridized carbons (Fsp3) is 0. The van der Waals surface area contributed by atoms with Crippen molar-refractivity contribution in [1.29, 1.82) is 0 Å². The second-order valence-corrected chi connectivity index (χ2v) is 4.58. The first kappa shape index (κ1) is 13.9. The summed E-state index contributed by atoms with van der Waals surface area (Å²) in [6, 6.07) is 15.9. The molecule has 3 rings (SSSR count). The smallest absolute Gasteiger partial charge is 0.243 e. The average molecular weight is 292 g/mol. The van der Waals surface area contributed by atoms with Gasteiger partial charge >= 0.3 is 0 Å². The first-order valence-corrected chi connectivity index (χ1v) is 6.73. The van der Waals surface area contributed by atoms with Crippen LogP contribution in [-0.4, -0.2) is 16.2 Å². The van der Waals surface area contributed by atoms with E-state index in [4.69, 9.17) is 0 Å². The van der Waals surface area contributed by atoms with Crippen molar-refractivity contribution in [1.82, 2.24) is 9.97 Å². The Morgan fingerprint density at radius 3 is 2.23 bits per heavy atom. The number of benzene rings is 2. The number of hydrogen-bond acceptors (Lipinski definition) is 4. The molecule has 0 saturated heterocycles. The molecule has 22 heavy (non-hydrogen) atoms. The molecule has 0 aliphatic carbocycles. The summed E-state index contributed by atoms with van der Waals surface area (Å²) in [5, 5.41) is 4.02. The van der Waals surface area contributed by atoms with E-state index in [9.17, 15) is 4.39 Å². The van der Waals surface area contributed by atoms with Gasteiger partial charge in [-0.1, -0.05) is 42.5 Å². The van der Waals surface area contributed by atoms with E-state index in [2.05, 4.69) is 20.5 Å². The van der Waals surface area contributed by atoms with E-state index in [0.717, 1.165) is 16.7 Å². The van der Waals surface area contributed by atoms with Gasteiger partial charge in [-0.3, -0.25) is 0 Å². The third-order valence-corrected chi connectivity index (χ3v) is 3.01. The van der Waals surface area contributed by atoms with Crippen LogP contribution in [0.1, 0.15) is 5.56 Å². The number of anilines is 1. The summed E-state index contributed by atoms with van der Waals surface area (Å²) in [6.07, 6.45) is 5.05. The number of hydrazone groups is 1. The monoisotopic (exact) mass is 292 g/mol. The van der Waals surface area contributed by atoms with Gasteiger partial charge in [0.05, 0.1) is 6.21 Å². The SMILES string of the molecule is Fc1ccc(C=NNc2ncc(-c3ccccc3)cn2)cc1. The van der Waals surface area contributed by atoms with Gasteiger partial charge in [0, 0.05) is 18.0 Å². The van der Waals surface area contributed by atoms with Crippen molar-refractivity contribution in [3.8, 4) is 11.1 Å². The Hall–Kier alpha value is -3.08. The van der Waals surface area contributed by atoms with E-state index in [1.165, 1.54) is 12.1 Å². The maximum absolute atomic E-state index is 12.8.